The zero-order valence-corrected chi connectivity index (χ0v) is 18.5. The second kappa shape index (κ2) is 10.0. The van der Waals surface area contributed by atoms with Gasteiger partial charge in [-0.1, -0.05) is 48.5 Å². The fourth-order valence-corrected chi connectivity index (χ4v) is 4.54. The van der Waals surface area contributed by atoms with E-state index in [0.29, 0.717) is 12.8 Å². The number of hydrogen-bond acceptors (Lipinski definition) is 5. The van der Waals surface area contributed by atoms with Crippen molar-refractivity contribution in [2.24, 2.45) is 0 Å². The van der Waals surface area contributed by atoms with Gasteiger partial charge in [-0.3, -0.25) is 9.59 Å². The van der Waals surface area contributed by atoms with Crippen LogP contribution in [0, 0.1) is 0 Å². The molecule has 0 radical (unpaired) electrons. The molecule has 33 heavy (non-hydrogen) atoms. The Bertz CT molecular complexity index is 994. The van der Waals surface area contributed by atoms with E-state index < -0.39 is 24.2 Å². The first-order chi connectivity index (χ1) is 15.9. The van der Waals surface area contributed by atoms with E-state index in [-0.39, 0.29) is 37.5 Å². The SMILES string of the molecule is C[C@H](CC(=O)O)NC(=O)C1CCC(CNC(=O)OCC2c3ccccc3-c3ccccc32)O1. The van der Waals surface area contributed by atoms with Crippen LogP contribution in [0.15, 0.2) is 48.5 Å². The summed E-state index contributed by atoms with van der Waals surface area (Å²) in [5, 5.41) is 14.2. The summed E-state index contributed by atoms with van der Waals surface area (Å²) in [6, 6.07) is 15.8. The lowest BCUT2D eigenvalue weighted by molar-refractivity contribution is -0.138. The molecule has 3 atom stereocenters. The second-order valence-corrected chi connectivity index (χ2v) is 8.54. The molecule has 8 nitrogen and oxygen atoms in total. The molecular formula is C25H28N2O6. The molecule has 0 bridgehead atoms. The highest BCUT2D eigenvalue weighted by Crippen LogP contribution is 2.44. The molecule has 174 valence electrons. The highest BCUT2D eigenvalue weighted by atomic mass is 16.5. The Kier molecular flexibility index (Phi) is 6.93. The van der Waals surface area contributed by atoms with Crippen LogP contribution in [0.5, 0.6) is 0 Å². The Hall–Kier alpha value is -3.39. The number of alkyl carbamates (subject to hydrolysis) is 1. The van der Waals surface area contributed by atoms with E-state index in [1.54, 1.807) is 6.92 Å². The molecule has 0 spiro atoms. The lowest BCUT2D eigenvalue weighted by atomic mass is 9.98. The molecule has 0 aromatic heterocycles. The van der Waals surface area contributed by atoms with Crippen LogP contribution in [0.25, 0.3) is 11.1 Å². The van der Waals surface area contributed by atoms with Crippen LogP contribution in [-0.4, -0.2) is 54.5 Å². The maximum atomic E-state index is 12.3. The molecule has 0 saturated carbocycles. The van der Waals surface area contributed by atoms with E-state index in [1.807, 2.05) is 24.3 Å². The standard InChI is InChI=1S/C25H28N2O6/c1-15(12-23(28)29)27-24(30)22-11-10-16(33-22)13-26-25(31)32-14-21-19-8-4-2-6-17(19)18-7-3-5-9-20(18)21/h2-9,15-16,21-22H,10-14H2,1H3,(H,26,31)(H,27,30)(H,28,29)/t15-,16?,22?/m1/s1. The molecule has 2 unspecified atom stereocenters. The van der Waals surface area contributed by atoms with Crippen molar-refractivity contribution in [3.63, 3.8) is 0 Å². The average molecular weight is 453 g/mol. The van der Waals surface area contributed by atoms with Crippen LogP contribution in [0.2, 0.25) is 0 Å². The number of carboxylic acid groups (broad SMARTS) is 1. The monoisotopic (exact) mass is 452 g/mol. The molecule has 1 aliphatic carbocycles. The van der Waals surface area contributed by atoms with Gasteiger partial charge in [-0.25, -0.2) is 4.79 Å². The van der Waals surface area contributed by atoms with Crippen molar-refractivity contribution in [1.29, 1.82) is 0 Å². The van der Waals surface area contributed by atoms with E-state index >= 15 is 0 Å². The smallest absolute Gasteiger partial charge is 0.407 e. The molecule has 4 rings (SSSR count). The Labute approximate surface area is 192 Å². The highest BCUT2D eigenvalue weighted by molar-refractivity contribution is 5.82. The number of carbonyl (C=O) groups is 3. The first kappa shape index (κ1) is 22.8. The average Bonchev–Trinajstić information content (AvgIpc) is 3.39. The molecule has 2 amide bonds. The quantitative estimate of drug-likeness (QED) is 0.567. The second-order valence-electron chi connectivity index (χ2n) is 8.54. The molecule has 1 heterocycles. The Morgan fingerprint density at radius 3 is 2.33 bits per heavy atom. The van der Waals surface area contributed by atoms with Crippen molar-refractivity contribution >= 4 is 18.0 Å². The van der Waals surface area contributed by atoms with Crippen LogP contribution in [0.1, 0.15) is 43.2 Å². The third-order valence-corrected chi connectivity index (χ3v) is 6.09. The molecule has 1 fully saturated rings. The van der Waals surface area contributed by atoms with Crippen LogP contribution in [0.3, 0.4) is 0 Å². The predicted molar refractivity (Wildman–Crippen MR) is 121 cm³/mol. The van der Waals surface area contributed by atoms with E-state index in [0.717, 1.165) is 11.1 Å². The predicted octanol–water partition coefficient (Wildman–Crippen LogP) is 3.05. The Balaban J connectivity index is 1.23. The maximum Gasteiger partial charge on any atom is 0.407 e. The van der Waals surface area contributed by atoms with Gasteiger partial charge in [0.2, 0.25) is 5.91 Å². The molecule has 8 heteroatoms. The van der Waals surface area contributed by atoms with Gasteiger partial charge in [0.25, 0.3) is 0 Å². The number of nitrogens with one attached hydrogen (secondary N) is 2. The number of hydrogen-bond donors (Lipinski definition) is 3. The van der Waals surface area contributed by atoms with Gasteiger partial charge in [0.15, 0.2) is 0 Å². The van der Waals surface area contributed by atoms with Gasteiger partial charge in [0.1, 0.15) is 12.7 Å². The van der Waals surface area contributed by atoms with Crippen molar-refractivity contribution in [1.82, 2.24) is 10.6 Å². The van der Waals surface area contributed by atoms with E-state index in [1.165, 1.54) is 11.1 Å². The summed E-state index contributed by atoms with van der Waals surface area (Å²) < 4.78 is 11.2. The van der Waals surface area contributed by atoms with Gasteiger partial charge in [0, 0.05) is 18.5 Å². The molecule has 3 N–H and O–H groups in total. The van der Waals surface area contributed by atoms with E-state index in [2.05, 4.69) is 34.9 Å². The van der Waals surface area contributed by atoms with Crippen LogP contribution >= 0.6 is 0 Å². The minimum absolute atomic E-state index is 0.00764. The minimum atomic E-state index is -0.972. The van der Waals surface area contributed by atoms with E-state index in [9.17, 15) is 14.4 Å². The third kappa shape index (κ3) is 5.34. The Morgan fingerprint density at radius 1 is 1.06 bits per heavy atom. The van der Waals surface area contributed by atoms with Crippen LogP contribution in [0.4, 0.5) is 4.79 Å². The zero-order valence-electron chi connectivity index (χ0n) is 18.5. The lowest BCUT2D eigenvalue weighted by Crippen LogP contribution is -2.41. The first-order valence-corrected chi connectivity index (χ1v) is 11.2. The fraction of sp³-hybridized carbons (Fsp3) is 0.400. The minimum Gasteiger partial charge on any atom is -0.481 e. The van der Waals surface area contributed by atoms with Crippen molar-refractivity contribution in [3.05, 3.63) is 59.7 Å². The lowest BCUT2D eigenvalue weighted by Gasteiger charge is -2.18. The number of carbonyl (C=O) groups excluding carboxylic acids is 2. The summed E-state index contributed by atoms with van der Waals surface area (Å²) in [5.41, 5.74) is 4.64. The summed E-state index contributed by atoms with van der Waals surface area (Å²) in [6.45, 7) is 2.11. The van der Waals surface area contributed by atoms with Gasteiger partial charge in [0.05, 0.1) is 12.5 Å². The summed E-state index contributed by atoms with van der Waals surface area (Å²) in [7, 11) is 0. The molecular weight excluding hydrogens is 424 g/mol. The molecule has 1 aliphatic heterocycles. The zero-order chi connectivity index (χ0) is 23.4. The summed E-state index contributed by atoms with van der Waals surface area (Å²) in [6.07, 6.45) is -0.474. The van der Waals surface area contributed by atoms with Gasteiger partial charge >= 0.3 is 12.1 Å². The van der Waals surface area contributed by atoms with Crippen molar-refractivity contribution in [3.8, 4) is 11.1 Å². The summed E-state index contributed by atoms with van der Waals surface area (Å²) in [4.78, 5) is 35.3. The van der Waals surface area contributed by atoms with Gasteiger partial charge in [-0.05, 0) is 42.0 Å². The van der Waals surface area contributed by atoms with Crippen LogP contribution in [-0.2, 0) is 19.1 Å². The molecule has 2 aromatic rings. The van der Waals surface area contributed by atoms with Gasteiger partial charge < -0.3 is 25.2 Å². The van der Waals surface area contributed by atoms with Crippen molar-refractivity contribution < 1.29 is 29.0 Å². The number of amides is 2. The number of ether oxygens (including phenoxy) is 2. The maximum absolute atomic E-state index is 12.3. The topological polar surface area (TPSA) is 114 Å². The number of benzene rings is 2. The fourth-order valence-electron chi connectivity index (χ4n) is 4.54. The number of aliphatic carboxylic acids is 1. The van der Waals surface area contributed by atoms with E-state index in [4.69, 9.17) is 14.6 Å². The molecule has 2 aromatic carbocycles. The van der Waals surface area contributed by atoms with Gasteiger partial charge in [-0.15, -0.1) is 0 Å². The van der Waals surface area contributed by atoms with Crippen LogP contribution < -0.4 is 10.6 Å². The number of rotatable bonds is 8. The largest absolute Gasteiger partial charge is 0.481 e. The first-order valence-electron chi connectivity index (χ1n) is 11.2. The molecule has 2 aliphatic rings. The number of carboxylic acids is 1. The highest BCUT2D eigenvalue weighted by Gasteiger charge is 2.32. The van der Waals surface area contributed by atoms with Crippen molar-refractivity contribution in [2.75, 3.05) is 13.2 Å². The Morgan fingerprint density at radius 2 is 1.70 bits per heavy atom. The normalized spacial score (nSPS) is 19.9. The van der Waals surface area contributed by atoms with Gasteiger partial charge in [-0.2, -0.15) is 0 Å². The summed E-state index contributed by atoms with van der Waals surface area (Å²) in [5.74, 6) is -1.31. The van der Waals surface area contributed by atoms with Crippen molar-refractivity contribution in [2.45, 2.75) is 50.4 Å². The number of fused-ring (bicyclic) bond motifs is 3. The summed E-state index contributed by atoms with van der Waals surface area (Å²) >= 11 is 0. The third-order valence-electron chi connectivity index (χ3n) is 6.09. The molecule has 1 saturated heterocycles.